The Morgan fingerprint density at radius 1 is 1.05 bits per heavy atom. The van der Waals surface area contributed by atoms with E-state index in [4.69, 9.17) is 36.6 Å². The maximum Gasteiger partial charge on any atom is 0.229 e. The summed E-state index contributed by atoms with van der Waals surface area (Å²) in [5.41, 5.74) is 10.6. The number of fused-ring (bicyclic) bond motifs is 1. The largest absolute Gasteiger partial charge is 0.490 e. The lowest BCUT2D eigenvalue weighted by Gasteiger charge is -2.27. The Labute approximate surface area is 220 Å². The number of hydrogen-bond donors (Lipinski definition) is 1. The molecule has 0 spiro atoms. The van der Waals surface area contributed by atoms with Crippen LogP contribution < -0.4 is 19.9 Å². The molecule has 8 heteroatoms. The van der Waals surface area contributed by atoms with E-state index in [9.17, 15) is 5.26 Å². The number of nitrogens with two attached hydrogens (primary N) is 1. The quantitative estimate of drug-likeness (QED) is 0.325. The van der Waals surface area contributed by atoms with Gasteiger partial charge in [-0.1, -0.05) is 54.1 Å². The Morgan fingerprint density at radius 2 is 1.81 bits per heavy atom. The molecule has 1 aliphatic heterocycles. The van der Waals surface area contributed by atoms with Crippen molar-refractivity contribution in [2.75, 3.05) is 6.61 Å². The summed E-state index contributed by atoms with van der Waals surface area (Å²) in [6.45, 7) is 4.54. The summed E-state index contributed by atoms with van der Waals surface area (Å²) in [5.74, 6) is 1.04. The molecule has 0 radical (unpaired) electrons. The van der Waals surface area contributed by atoms with Crippen molar-refractivity contribution in [3.8, 4) is 29.1 Å². The van der Waals surface area contributed by atoms with Gasteiger partial charge in [-0.15, -0.1) is 0 Å². The molecule has 1 aromatic heterocycles. The third-order valence-corrected chi connectivity index (χ3v) is 6.40. The number of benzene rings is 3. The van der Waals surface area contributed by atoms with E-state index < -0.39 is 5.92 Å². The minimum Gasteiger partial charge on any atom is -0.490 e. The van der Waals surface area contributed by atoms with Crippen LogP contribution in [-0.4, -0.2) is 16.4 Å². The van der Waals surface area contributed by atoms with Crippen LogP contribution in [0.25, 0.3) is 5.69 Å². The predicted molar refractivity (Wildman–Crippen MR) is 141 cm³/mol. The number of para-hydroxylation sites is 2. The standard InChI is InChI=1S/C29H25ClN4O3/c1-3-35-24-11-7-10-22(27(24)36-17-19-12-14-20(30)15-13-19)26-23(16-31)28(32)37-29-25(26)18(2)33-34(29)21-8-5-4-6-9-21/h4-15,26H,3,17,32H2,1-2H3. The first-order valence-corrected chi connectivity index (χ1v) is 12.2. The first kappa shape index (κ1) is 24.3. The number of aromatic nitrogens is 2. The highest BCUT2D eigenvalue weighted by molar-refractivity contribution is 6.30. The van der Waals surface area contributed by atoms with Gasteiger partial charge in [-0.05, 0) is 49.7 Å². The predicted octanol–water partition coefficient (Wildman–Crippen LogP) is 6.03. The Balaban J connectivity index is 1.66. The summed E-state index contributed by atoms with van der Waals surface area (Å²) >= 11 is 6.05. The zero-order chi connectivity index (χ0) is 25.9. The lowest BCUT2D eigenvalue weighted by Crippen LogP contribution is -2.22. The maximum atomic E-state index is 10.2. The summed E-state index contributed by atoms with van der Waals surface area (Å²) in [4.78, 5) is 0. The molecule has 1 aliphatic rings. The fourth-order valence-corrected chi connectivity index (χ4v) is 4.62. The molecule has 186 valence electrons. The number of hydrogen-bond acceptors (Lipinski definition) is 6. The minimum atomic E-state index is -0.563. The summed E-state index contributed by atoms with van der Waals surface area (Å²) in [7, 11) is 0. The highest BCUT2D eigenvalue weighted by Crippen LogP contribution is 2.49. The van der Waals surface area contributed by atoms with Gasteiger partial charge in [0.25, 0.3) is 0 Å². The average Bonchev–Trinajstić information content (AvgIpc) is 3.24. The van der Waals surface area contributed by atoms with E-state index in [1.807, 2.05) is 86.6 Å². The number of ether oxygens (including phenoxy) is 3. The van der Waals surface area contributed by atoms with Crippen molar-refractivity contribution in [1.29, 1.82) is 5.26 Å². The zero-order valence-electron chi connectivity index (χ0n) is 20.4. The highest BCUT2D eigenvalue weighted by atomic mass is 35.5. The van der Waals surface area contributed by atoms with Crippen molar-refractivity contribution in [2.45, 2.75) is 26.4 Å². The van der Waals surface area contributed by atoms with Gasteiger partial charge in [0.05, 0.1) is 29.5 Å². The van der Waals surface area contributed by atoms with E-state index in [1.54, 1.807) is 4.68 Å². The summed E-state index contributed by atoms with van der Waals surface area (Å²) < 4.78 is 20.0. The lowest BCUT2D eigenvalue weighted by atomic mass is 9.83. The second-order valence-corrected chi connectivity index (χ2v) is 8.94. The van der Waals surface area contributed by atoms with Gasteiger partial charge in [-0.25, -0.2) is 4.68 Å². The van der Waals surface area contributed by atoms with Crippen molar-refractivity contribution in [1.82, 2.24) is 9.78 Å². The van der Waals surface area contributed by atoms with E-state index in [1.165, 1.54) is 0 Å². The van der Waals surface area contributed by atoms with Gasteiger partial charge in [-0.3, -0.25) is 0 Å². The third-order valence-electron chi connectivity index (χ3n) is 6.15. The Hall–Kier alpha value is -4.41. The monoisotopic (exact) mass is 512 g/mol. The number of allylic oxidation sites excluding steroid dienone is 1. The Morgan fingerprint density at radius 3 is 2.51 bits per heavy atom. The van der Waals surface area contributed by atoms with Crippen molar-refractivity contribution in [3.63, 3.8) is 0 Å². The topological polar surface area (TPSA) is 95.3 Å². The zero-order valence-corrected chi connectivity index (χ0v) is 21.2. The molecule has 7 nitrogen and oxygen atoms in total. The molecule has 0 aliphatic carbocycles. The van der Waals surface area contributed by atoms with Gasteiger partial charge in [-0.2, -0.15) is 10.4 Å². The molecule has 0 saturated heterocycles. The van der Waals surface area contributed by atoms with E-state index in [2.05, 4.69) is 6.07 Å². The third kappa shape index (κ3) is 4.59. The van der Waals surface area contributed by atoms with Crippen LogP contribution in [0, 0.1) is 18.3 Å². The molecule has 2 N–H and O–H groups in total. The van der Waals surface area contributed by atoms with Crippen molar-refractivity contribution < 1.29 is 14.2 Å². The van der Waals surface area contributed by atoms with E-state index in [0.717, 1.165) is 28.1 Å². The van der Waals surface area contributed by atoms with Gasteiger partial charge in [0, 0.05) is 10.6 Å². The maximum absolute atomic E-state index is 10.2. The fraction of sp³-hybridized carbons (Fsp3) is 0.172. The summed E-state index contributed by atoms with van der Waals surface area (Å²) in [6.07, 6.45) is 0. The first-order chi connectivity index (χ1) is 18.0. The number of nitrogens with zero attached hydrogens (tertiary/aromatic N) is 3. The summed E-state index contributed by atoms with van der Waals surface area (Å²) in [6, 6.07) is 25.0. The van der Waals surface area contributed by atoms with Crippen LogP contribution in [0.15, 0.2) is 84.3 Å². The summed E-state index contributed by atoms with van der Waals surface area (Å²) in [5, 5.41) is 15.6. The van der Waals surface area contributed by atoms with Crippen LogP contribution in [0.5, 0.6) is 17.4 Å². The highest BCUT2D eigenvalue weighted by Gasteiger charge is 2.38. The second kappa shape index (κ2) is 10.3. The first-order valence-electron chi connectivity index (χ1n) is 11.9. The molecule has 0 fully saturated rings. The SMILES string of the molecule is CCOc1cccc(C2C(C#N)=C(N)Oc3c2c(C)nn3-c2ccccc2)c1OCc1ccc(Cl)cc1. The van der Waals surface area contributed by atoms with Gasteiger partial charge in [0.15, 0.2) is 11.5 Å². The molecule has 37 heavy (non-hydrogen) atoms. The Bertz CT molecular complexity index is 1500. The fourth-order valence-electron chi connectivity index (χ4n) is 4.49. The molecule has 0 bridgehead atoms. The number of rotatable bonds is 7. The molecule has 0 saturated carbocycles. The van der Waals surface area contributed by atoms with Crippen LogP contribution in [0.1, 0.15) is 35.2 Å². The van der Waals surface area contributed by atoms with Crippen LogP contribution in [0.2, 0.25) is 5.02 Å². The van der Waals surface area contributed by atoms with Gasteiger partial charge in [0.2, 0.25) is 11.8 Å². The normalized spacial score (nSPS) is 14.5. The molecule has 1 atom stereocenters. The molecule has 4 aromatic rings. The minimum absolute atomic E-state index is 0.0301. The van der Waals surface area contributed by atoms with E-state index >= 15 is 0 Å². The van der Waals surface area contributed by atoms with Crippen molar-refractivity contribution >= 4 is 11.6 Å². The second-order valence-electron chi connectivity index (χ2n) is 8.50. The average molecular weight is 513 g/mol. The van der Waals surface area contributed by atoms with Crippen LogP contribution in [-0.2, 0) is 6.61 Å². The molecule has 0 amide bonds. The van der Waals surface area contributed by atoms with Gasteiger partial charge in [0.1, 0.15) is 18.2 Å². The van der Waals surface area contributed by atoms with Crippen molar-refractivity contribution in [3.05, 3.63) is 112 Å². The van der Waals surface area contributed by atoms with E-state index in [-0.39, 0.29) is 18.1 Å². The van der Waals surface area contributed by atoms with Crippen LogP contribution in [0.3, 0.4) is 0 Å². The van der Waals surface area contributed by atoms with Crippen molar-refractivity contribution in [2.24, 2.45) is 5.73 Å². The molecule has 3 aromatic carbocycles. The van der Waals surface area contributed by atoms with Gasteiger partial charge < -0.3 is 19.9 Å². The number of halogens is 1. The van der Waals surface area contributed by atoms with Crippen LogP contribution >= 0.6 is 11.6 Å². The molecule has 1 unspecified atom stereocenters. The number of aryl methyl sites for hydroxylation is 1. The molecule has 2 heterocycles. The van der Waals surface area contributed by atoms with Crippen LogP contribution in [0.4, 0.5) is 0 Å². The van der Waals surface area contributed by atoms with Gasteiger partial charge >= 0.3 is 0 Å². The molecule has 5 rings (SSSR count). The molecular weight excluding hydrogens is 488 g/mol. The lowest BCUT2D eigenvalue weighted by molar-refractivity contribution is 0.266. The smallest absolute Gasteiger partial charge is 0.229 e. The van der Waals surface area contributed by atoms with E-state index in [0.29, 0.717) is 29.0 Å². The molecular formula is C29H25ClN4O3. The Kier molecular flexibility index (Phi) is 6.76. The number of nitriles is 1.